The first-order chi connectivity index (χ1) is 6.77. The van der Waals surface area contributed by atoms with Crippen molar-refractivity contribution in [3.63, 3.8) is 0 Å². The SMILES string of the molecule is CCCCCCCCCCNC(=S)[S-].[Na+]. The van der Waals surface area contributed by atoms with Gasteiger partial charge in [-0.2, -0.15) is 0 Å². The van der Waals surface area contributed by atoms with Gasteiger partial charge < -0.3 is 30.2 Å². The summed E-state index contributed by atoms with van der Waals surface area (Å²) >= 11 is 9.50. The molecule has 0 aromatic heterocycles. The summed E-state index contributed by atoms with van der Waals surface area (Å²) in [5.74, 6) is 0. The topological polar surface area (TPSA) is 12.0 Å². The average molecular weight is 255 g/mol. The Bertz CT molecular complexity index is 143. The number of thiocarbonyl (C=S) groups is 1. The van der Waals surface area contributed by atoms with E-state index in [0.29, 0.717) is 4.32 Å². The van der Waals surface area contributed by atoms with Gasteiger partial charge in [-0.15, -0.1) is 0 Å². The van der Waals surface area contributed by atoms with E-state index in [9.17, 15) is 0 Å². The molecule has 0 saturated carbocycles. The second-order valence-electron chi connectivity index (χ2n) is 3.69. The molecule has 0 bridgehead atoms. The molecule has 0 atom stereocenters. The van der Waals surface area contributed by atoms with Gasteiger partial charge in [0.25, 0.3) is 0 Å². The quantitative estimate of drug-likeness (QED) is 0.280. The van der Waals surface area contributed by atoms with Crippen LogP contribution >= 0.6 is 12.2 Å². The van der Waals surface area contributed by atoms with Crippen molar-refractivity contribution in [2.45, 2.75) is 58.3 Å². The molecule has 84 valence electrons. The minimum Gasteiger partial charge on any atom is -0.412 e. The first-order valence-corrected chi connectivity index (χ1v) is 6.54. The molecule has 15 heavy (non-hydrogen) atoms. The third kappa shape index (κ3) is 17.7. The Morgan fingerprint density at radius 1 is 1.00 bits per heavy atom. The maximum Gasteiger partial charge on any atom is 1.00 e. The third-order valence-electron chi connectivity index (χ3n) is 2.30. The van der Waals surface area contributed by atoms with Crippen molar-refractivity contribution in [2.75, 3.05) is 6.54 Å². The van der Waals surface area contributed by atoms with E-state index in [4.69, 9.17) is 24.8 Å². The molecule has 0 amide bonds. The maximum atomic E-state index is 4.75. The van der Waals surface area contributed by atoms with Gasteiger partial charge in [0, 0.05) is 6.54 Å². The fourth-order valence-corrected chi connectivity index (χ4v) is 1.65. The normalized spacial score (nSPS) is 9.40. The first-order valence-electron chi connectivity index (χ1n) is 5.72. The van der Waals surface area contributed by atoms with Crippen molar-refractivity contribution in [3.05, 3.63) is 0 Å². The van der Waals surface area contributed by atoms with Crippen LogP contribution in [0.5, 0.6) is 0 Å². The van der Waals surface area contributed by atoms with E-state index < -0.39 is 0 Å². The van der Waals surface area contributed by atoms with E-state index >= 15 is 0 Å². The van der Waals surface area contributed by atoms with Crippen LogP contribution in [0, 0.1) is 0 Å². The molecule has 0 rings (SSSR count). The van der Waals surface area contributed by atoms with Crippen molar-refractivity contribution in [2.24, 2.45) is 0 Å². The molecule has 0 saturated heterocycles. The fraction of sp³-hybridized carbons (Fsp3) is 0.909. The Hall–Kier alpha value is 1.11. The average Bonchev–Trinajstić information content (AvgIpc) is 2.15. The summed E-state index contributed by atoms with van der Waals surface area (Å²) in [4.78, 5) is 0. The molecule has 0 fully saturated rings. The van der Waals surface area contributed by atoms with Crippen LogP contribution in [0.25, 0.3) is 0 Å². The van der Waals surface area contributed by atoms with Crippen molar-refractivity contribution in [1.29, 1.82) is 0 Å². The molecule has 0 spiro atoms. The molecular formula is C11H22NNaS2. The third-order valence-corrected chi connectivity index (χ3v) is 2.59. The molecule has 4 heteroatoms. The zero-order valence-corrected chi connectivity index (χ0v) is 13.8. The number of unbranched alkanes of at least 4 members (excludes halogenated alkanes) is 7. The molecule has 0 aromatic rings. The monoisotopic (exact) mass is 255 g/mol. The summed E-state index contributed by atoms with van der Waals surface area (Å²) in [6.07, 6.45) is 10.8. The maximum absolute atomic E-state index is 4.75. The molecule has 1 N–H and O–H groups in total. The summed E-state index contributed by atoms with van der Waals surface area (Å²) in [6.45, 7) is 3.21. The molecule has 1 nitrogen and oxygen atoms in total. The Morgan fingerprint density at radius 3 is 1.93 bits per heavy atom. The van der Waals surface area contributed by atoms with Crippen LogP contribution in [0.2, 0.25) is 0 Å². The van der Waals surface area contributed by atoms with E-state index in [-0.39, 0.29) is 29.6 Å². The minimum atomic E-state index is 0. The van der Waals surface area contributed by atoms with Crippen LogP contribution in [-0.2, 0) is 12.6 Å². The summed E-state index contributed by atoms with van der Waals surface area (Å²) in [7, 11) is 0. The number of rotatable bonds is 9. The number of hydrogen-bond acceptors (Lipinski definition) is 2. The van der Waals surface area contributed by atoms with E-state index in [1.807, 2.05) is 0 Å². The number of hydrogen-bond donors (Lipinski definition) is 1. The molecule has 0 aromatic carbocycles. The van der Waals surface area contributed by atoms with Crippen molar-refractivity contribution in [1.82, 2.24) is 5.32 Å². The van der Waals surface area contributed by atoms with Crippen LogP contribution < -0.4 is 34.9 Å². The molecular weight excluding hydrogens is 233 g/mol. The molecule has 0 aliphatic rings. The first kappa shape index (κ1) is 18.5. The Balaban J connectivity index is 0. The zero-order valence-electron chi connectivity index (χ0n) is 10.2. The van der Waals surface area contributed by atoms with Crippen LogP contribution in [0.4, 0.5) is 0 Å². The van der Waals surface area contributed by atoms with Gasteiger partial charge in [-0.05, 0) is 6.42 Å². The smallest absolute Gasteiger partial charge is 0.412 e. The molecule has 0 radical (unpaired) electrons. The van der Waals surface area contributed by atoms with Crippen LogP contribution in [0.15, 0.2) is 0 Å². The largest absolute Gasteiger partial charge is 1.00 e. The van der Waals surface area contributed by atoms with Gasteiger partial charge in [0.15, 0.2) is 0 Å². The molecule has 0 aliphatic carbocycles. The van der Waals surface area contributed by atoms with Crippen LogP contribution in [-0.4, -0.2) is 10.9 Å². The van der Waals surface area contributed by atoms with Crippen molar-refractivity contribution >= 4 is 29.2 Å². The molecule has 0 heterocycles. The Kier molecular flexibility index (Phi) is 18.6. The molecule has 0 aliphatic heterocycles. The van der Waals surface area contributed by atoms with Crippen LogP contribution in [0.1, 0.15) is 58.3 Å². The van der Waals surface area contributed by atoms with E-state index in [1.165, 1.54) is 51.4 Å². The molecule has 0 unspecified atom stereocenters. The number of nitrogens with one attached hydrogen (secondary N) is 1. The summed E-state index contributed by atoms with van der Waals surface area (Å²) in [5, 5.41) is 3.00. The predicted octanol–water partition coefficient (Wildman–Crippen LogP) is 0.553. The predicted molar refractivity (Wildman–Crippen MR) is 70.6 cm³/mol. The zero-order chi connectivity index (χ0) is 10.6. The van der Waals surface area contributed by atoms with Crippen LogP contribution in [0.3, 0.4) is 0 Å². The van der Waals surface area contributed by atoms with Gasteiger partial charge in [-0.25, -0.2) is 0 Å². The summed E-state index contributed by atoms with van der Waals surface area (Å²) < 4.78 is 0.507. The van der Waals surface area contributed by atoms with Gasteiger partial charge in [0.2, 0.25) is 0 Å². The van der Waals surface area contributed by atoms with E-state index in [1.54, 1.807) is 0 Å². The fourth-order valence-electron chi connectivity index (χ4n) is 1.45. The van der Waals surface area contributed by atoms with Crippen molar-refractivity contribution in [3.8, 4) is 0 Å². The van der Waals surface area contributed by atoms with Gasteiger partial charge in [0.05, 0.1) is 0 Å². The van der Waals surface area contributed by atoms with E-state index in [0.717, 1.165) is 6.54 Å². The van der Waals surface area contributed by atoms with Crippen molar-refractivity contribution < 1.29 is 29.6 Å². The van der Waals surface area contributed by atoms with Gasteiger partial charge in [0.1, 0.15) is 0 Å². The minimum absolute atomic E-state index is 0. The summed E-state index contributed by atoms with van der Waals surface area (Å²) in [5.41, 5.74) is 0. The van der Waals surface area contributed by atoms with Gasteiger partial charge >= 0.3 is 29.6 Å². The van der Waals surface area contributed by atoms with Gasteiger partial charge in [-0.3, -0.25) is 0 Å². The second kappa shape index (κ2) is 15.1. The Morgan fingerprint density at radius 2 is 1.47 bits per heavy atom. The second-order valence-corrected chi connectivity index (χ2v) is 4.76. The van der Waals surface area contributed by atoms with Gasteiger partial charge in [-0.1, -0.05) is 56.2 Å². The van der Waals surface area contributed by atoms with E-state index in [2.05, 4.69) is 12.2 Å². The standard InChI is InChI=1S/C11H23NS2.Na/c1-2-3-4-5-6-7-8-9-10-12-11(13)14;/h2-10H2,1H3,(H2,12,13,14);/q;+1/p-1. The Labute approximate surface area is 128 Å². The summed E-state index contributed by atoms with van der Waals surface area (Å²) in [6, 6.07) is 0.